The largest absolute Gasteiger partial charge is 0.383 e. The number of hydrogen-bond donors (Lipinski definition) is 3. The third-order valence-electron chi connectivity index (χ3n) is 2.74. The Labute approximate surface area is 117 Å². The molecule has 98 valence electrons. The Bertz CT molecular complexity index is 596. The van der Waals surface area contributed by atoms with Crippen LogP contribution in [0, 0.1) is 0 Å². The molecule has 0 unspecified atom stereocenters. The summed E-state index contributed by atoms with van der Waals surface area (Å²) in [6, 6.07) is 15.0. The molecule has 0 heterocycles. The van der Waals surface area contributed by atoms with Crippen LogP contribution in [0.4, 0.5) is 5.69 Å². The van der Waals surface area contributed by atoms with E-state index in [1.54, 1.807) is 0 Å². The minimum atomic E-state index is 0.425. The summed E-state index contributed by atoms with van der Waals surface area (Å²) in [5.74, 6) is 5.86. The molecule has 0 aliphatic heterocycles. The zero-order valence-corrected chi connectivity index (χ0v) is 11.1. The first kappa shape index (κ1) is 13.4. The van der Waals surface area contributed by atoms with Crippen molar-refractivity contribution in [2.24, 2.45) is 16.6 Å². The molecule has 0 aromatic heterocycles. The topological polar surface area (TPSA) is 76.4 Å². The monoisotopic (exact) mass is 274 g/mol. The fourth-order valence-corrected chi connectivity index (χ4v) is 1.91. The van der Waals surface area contributed by atoms with Crippen molar-refractivity contribution in [2.45, 2.75) is 6.54 Å². The molecular weight excluding hydrogens is 260 g/mol. The second kappa shape index (κ2) is 6.22. The second-order valence-corrected chi connectivity index (χ2v) is 4.39. The van der Waals surface area contributed by atoms with Gasteiger partial charge < -0.3 is 11.2 Å². The van der Waals surface area contributed by atoms with Gasteiger partial charge in [0.05, 0.1) is 12.2 Å². The molecule has 0 aliphatic rings. The summed E-state index contributed by atoms with van der Waals surface area (Å²) >= 11 is 6.07. The van der Waals surface area contributed by atoms with Gasteiger partial charge in [-0.3, -0.25) is 10.8 Å². The van der Waals surface area contributed by atoms with Crippen molar-refractivity contribution in [3.05, 3.63) is 64.7 Å². The molecule has 0 bridgehead atoms. The van der Waals surface area contributed by atoms with Crippen LogP contribution in [0.2, 0.25) is 5.02 Å². The summed E-state index contributed by atoms with van der Waals surface area (Å²) in [4.78, 5) is 4.35. The SMILES string of the molecule is NNc1ccccc1C(N)=NCc1ccccc1Cl. The maximum atomic E-state index is 6.07. The maximum Gasteiger partial charge on any atom is 0.128 e. The van der Waals surface area contributed by atoms with E-state index in [9.17, 15) is 0 Å². The number of nitrogen functional groups attached to an aromatic ring is 1. The zero-order valence-electron chi connectivity index (χ0n) is 10.3. The van der Waals surface area contributed by atoms with E-state index in [4.69, 9.17) is 23.2 Å². The number of anilines is 1. The minimum Gasteiger partial charge on any atom is -0.383 e. The molecule has 0 saturated heterocycles. The average molecular weight is 275 g/mol. The average Bonchev–Trinajstić information content (AvgIpc) is 2.46. The molecule has 0 amide bonds. The lowest BCUT2D eigenvalue weighted by molar-refractivity contribution is 1.06. The van der Waals surface area contributed by atoms with Crippen molar-refractivity contribution in [3.63, 3.8) is 0 Å². The summed E-state index contributed by atoms with van der Waals surface area (Å²) in [6.45, 7) is 0.435. The number of aliphatic imine (C=N–C) groups is 1. The summed E-state index contributed by atoms with van der Waals surface area (Å²) in [7, 11) is 0. The molecule has 0 saturated carbocycles. The third kappa shape index (κ3) is 3.24. The first-order valence-electron chi connectivity index (χ1n) is 5.81. The van der Waals surface area contributed by atoms with Gasteiger partial charge in [-0.25, -0.2) is 0 Å². The molecule has 4 nitrogen and oxygen atoms in total. The second-order valence-electron chi connectivity index (χ2n) is 3.98. The molecule has 2 rings (SSSR count). The third-order valence-corrected chi connectivity index (χ3v) is 3.10. The van der Waals surface area contributed by atoms with Crippen LogP contribution in [0.3, 0.4) is 0 Å². The van der Waals surface area contributed by atoms with E-state index in [0.29, 0.717) is 17.4 Å². The molecule has 2 aromatic rings. The lowest BCUT2D eigenvalue weighted by atomic mass is 10.1. The molecule has 0 atom stereocenters. The lowest BCUT2D eigenvalue weighted by Crippen LogP contribution is -2.18. The van der Waals surface area contributed by atoms with Crippen molar-refractivity contribution < 1.29 is 0 Å². The molecular formula is C14H15ClN4. The Kier molecular flexibility index (Phi) is 4.39. The van der Waals surface area contributed by atoms with E-state index >= 15 is 0 Å². The Morgan fingerprint density at radius 3 is 2.53 bits per heavy atom. The quantitative estimate of drug-likeness (QED) is 0.347. The number of halogens is 1. The van der Waals surface area contributed by atoms with E-state index in [0.717, 1.165) is 16.8 Å². The summed E-state index contributed by atoms with van der Waals surface area (Å²) < 4.78 is 0. The highest BCUT2D eigenvalue weighted by atomic mass is 35.5. The summed E-state index contributed by atoms with van der Waals surface area (Å²) in [5.41, 5.74) is 11.0. The van der Waals surface area contributed by atoms with Gasteiger partial charge in [-0.1, -0.05) is 41.9 Å². The van der Waals surface area contributed by atoms with Crippen LogP contribution in [-0.2, 0) is 6.54 Å². The van der Waals surface area contributed by atoms with E-state index < -0.39 is 0 Å². The number of nitrogens with two attached hydrogens (primary N) is 2. The van der Waals surface area contributed by atoms with Gasteiger partial charge in [-0.05, 0) is 23.8 Å². The van der Waals surface area contributed by atoms with Crippen molar-refractivity contribution in [2.75, 3.05) is 5.43 Å². The number of hydrogen-bond acceptors (Lipinski definition) is 3. The number of para-hydroxylation sites is 1. The highest BCUT2D eigenvalue weighted by molar-refractivity contribution is 6.31. The standard InChI is InChI=1S/C14H15ClN4/c15-12-7-3-1-5-10(12)9-18-14(16)11-6-2-4-8-13(11)19-17/h1-8,19H,9,17H2,(H2,16,18). The number of hydrazine groups is 1. The fraction of sp³-hybridized carbons (Fsp3) is 0.0714. The molecule has 5 N–H and O–H groups in total. The Morgan fingerprint density at radius 2 is 1.79 bits per heavy atom. The number of rotatable bonds is 4. The number of amidine groups is 1. The Hall–Kier alpha value is -2.04. The number of nitrogens with one attached hydrogen (secondary N) is 1. The number of benzene rings is 2. The molecule has 19 heavy (non-hydrogen) atoms. The molecule has 0 fully saturated rings. The van der Waals surface area contributed by atoms with Crippen LogP contribution in [0.15, 0.2) is 53.5 Å². The minimum absolute atomic E-state index is 0.425. The van der Waals surface area contributed by atoms with Crippen LogP contribution in [0.25, 0.3) is 0 Å². The van der Waals surface area contributed by atoms with Crippen LogP contribution in [0.1, 0.15) is 11.1 Å². The van der Waals surface area contributed by atoms with Crippen molar-refractivity contribution >= 4 is 23.1 Å². The Balaban J connectivity index is 2.22. The molecule has 0 aliphatic carbocycles. The van der Waals surface area contributed by atoms with Gasteiger partial charge in [0.15, 0.2) is 0 Å². The predicted octanol–water partition coefficient (Wildman–Crippen LogP) is 2.53. The summed E-state index contributed by atoms with van der Waals surface area (Å²) in [5, 5.41) is 0.685. The highest BCUT2D eigenvalue weighted by Crippen LogP contribution is 2.17. The fourth-order valence-electron chi connectivity index (χ4n) is 1.71. The van der Waals surface area contributed by atoms with Gasteiger partial charge >= 0.3 is 0 Å². The van der Waals surface area contributed by atoms with E-state index in [-0.39, 0.29) is 0 Å². The van der Waals surface area contributed by atoms with Crippen LogP contribution in [0.5, 0.6) is 0 Å². The first-order valence-corrected chi connectivity index (χ1v) is 6.19. The van der Waals surface area contributed by atoms with Crippen LogP contribution < -0.4 is 17.0 Å². The van der Waals surface area contributed by atoms with E-state index in [2.05, 4.69) is 10.4 Å². The summed E-state index contributed by atoms with van der Waals surface area (Å²) in [6.07, 6.45) is 0. The lowest BCUT2D eigenvalue weighted by Gasteiger charge is -2.08. The van der Waals surface area contributed by atoms with Crippen molar-refractivity contribution in [1.29, 1.82) is 0 Å². The van der Waals surface area contributed by atoms with E-state index in [1.165, 1.54) is 0 Å². The highest BCUT2D eigenvalue weighted by Gasteiger charge is 2.04. The molecule has 0 spiro atoms. The van der Waals surface area contributed by atoms with Gasteiger partial charge in [0.1, 0.15) is 5.84 Å². The maximum absolute atomic E-state index is 6.07. The molecule has 5 heteroatoms. The first-order chi connectivity index (χ1) is 9.22. The van der Waals surface area contributed by atoms with Crippen molar-refractivity contribution in [3.8, 4) is 0 Å². The van der Waals surface area contributed by atoms with Gasteiger partial charge in [-0.2, -0.15) is 0 Å². The Morgan fingerprint density at radius 1 is 1.11 bits per heavy atom. The smallest absolute Gasteiger partial charge is 0.128 e. The normalized spacial score (nSPS) is 11.4. The molecule has 0 radical (unpaired) electrons. The zero-order chi connectivity index (χ0) is 13.7. The van der Waals surface area contributed by atoms with Crippen LogP contribution >= 0.6 is 11.6 Å². The van der Waals surface area contributed by atoms with Crippen LogP contribution in [-0.4, -0.2) is 5.84 Å². The van der Waals surface area contributed by atoms with E-state index in [1.807, 2.05) is 48.5 Å². The predicted molar refractivity (Wildman–Crippen MR) is 80.1 cm³/mol. The van der Waals surface area contributed by atoms with Gasteiger partial charge in [0, 0.05) is 10.6 Å². The van der Waals surface area contributed by atoms with Gasteiger partial charge in [-0.15, -0.1) is 0 Å². The van der Waals surface area contributed by atoms with Crippen molar-refractivity contribution in [1.82, 2.24) is 0 Å². The molecule has 2 aromatic carbocycles. The van der Waals surface area contributed by atoms with Gasteiger partial charge in [0.2, 0.25) is 0 Å². The van der Waals surface area contributed by atoms with Gasteiger partial charge in [0.25, 0.3) is 0 Å². The number of nitrogens with zero attached hydrogens (tertiary/aromatic N) is 1.